The average molecular weight is 242 g/mol. The zero-order chi connectivity index (χ0) is 9.84. The van der Waals surface area contributed by atoms with Crippen molar-refractivity contribution < 1.29 is 9.90 Å². The number of hydrogen-bond donors (Lipinski definition) is 1. The highest BCUT2D eigenvalue weighted by molar-refractivity contribution is 9.10. The van der Waals surface area contributed by atoms with E-state index in [0.29, 0.717) is 10.3 Å². The summed E-state index contributed by atoms with van der Waals surface area (Å²) in [5.41, 5.74) is 0.308. The molecule has 0 amide bonds. The molecular weight excluding hydrogens is 234 g/mol. The molecule has 0 unspecified atom stereocenters. The SMILES string of the molecule is C/C(O)=C/C(=O)c1cccc(Br)n1. The van der Waals surface area contributed by atoms with Gasteiger partial charge in [-0.25, -0.2) is 4.98 Å². The molecule has 0 fully saturated rings. The largest absolute Gasteiger partial charge is 0.512 e. The number of carbonyl (C=O) groups excluding carboxylic acids is 1. The number of halogens is 1. The van der Waals surface area contributed by atoms with Crippen LogP contribution in [0.2, 0.25) is 0 Å². The molecule has 0 aliphatic carbocycles. The zero-order valence-corrected chi connectivity index (χ0v) is 8.58. The number of rotatable bonds is 2. The van der Waals surface area contributed by atoms with Gasteiger partial charge in [0.05, 0.1) is 5.76 Å². The molecule has 0 bridgehead atoms. The molecule has 1 rings (SSSR count). The Hall–Kier alpha value is -1.16. The summed E-state index contributed by atoms with van der Waals surface area (Å²) < 4.78 is 0.599. The van der Waals surface area contributed by atoms with E-state index in [9.17, 15) is 4.79 Å². The molecule has 0 spiro atoms. The molecule has 0 saturated heterocycles. The van der Waals surface area contributed by atoms with Crippen LogP contribution in [0.25, 0.3) is 0 Å². The summed E-state index contributed by atoms with van der Waals surface area (Å²) >= 11 is 3.15. The standard InChI is InChI=1S/C9H8BrNO2/c1-6(12)5-8(13)7-3-2-4-9(10)11-7/h2-5,12H,1H3/b6-5-. The Morgan fingerprint density at radius 2 is 2.31 bits per heavy atom. The number of aliphatic hydroxyl groups is 1. The molecule has 1 heterocycles. The maximum Gasteiger partial charge on any atom is 0.207 e. The van der Waals surface area contributed by atoms with Crippen molar-refractivity contribution >= 4 is 21.7 Å². The second-order valence-electron chi connectivity index (χ2n) is 2.50. The molecule has 1 N–H and O–H groups in total. The smallest absolute Gasteiger partial charge is 0.207 e. The third kappa shape index (κ3) is 2.99. The maximum atomic E-state index is 11.3. The first-order valence-corrected chi connectivity index (χ1v) is 4.43. The average Bonchev–Trinajstić information content (AvgIpc) is 2.03. The molecular formula is C9H8BrNO2. The fraction of sp³-hybridized carbons (Fsp3) is 0.111. The first kappa shape index (κ1) is 9.92. The van der Waals surface area contributed by atoms with Gasteiger partial charge >= 0.3 is 0 Å². The summed E-state index contributed by atoms with van der Waals surface area (Å²) in [5, 5.41) is 8.85. The summed E-state index contributed by atoms with van der Waals surface area (Å²) in [4.78, 5) is 15.2. The van der Waals surface area contributed by atoms with Crippen LogP contribution in [0, 0.1) is 0 Å². The van der Waals surface area contributed by atoms with Gasteiger partial charge in [-0.1, -0.05) is 6.07 Å². The first-order valence-electron chi connectivity index (χ1n) is 3.64. The predicted octanol–water partition coefficient (Wildman–Crippen LogP) is 2.49. The maximum absolute atomic E-state index is 11.3. The van der Waals surface area contributed by atoms with E-state index in [2.05, 4.69) is 20.9 Å². The molecule has 0 saturated carbocycles. The van der Waals surface area contributed by atoms with Crippen molar-refractivity contribution in [2.75, 3.05) is 0 Å². The Balaban J connectivity index is 2.96. The fourth-order valence-electron chi connectivity index (χ4n) is 0.809. The molecule has 0 radical (unpaired) electrons. The molecule has 4 heteroatoms. The number of nitrogens with zero attached hydrogens (tertiary/aromatic N) is 1. The lowest BCUT2D eigenvalue weighted by atomic mass is 10.2. The highest BCUT2D eigenvalue weighted by atomic mass is 79.9. The minimum absolute atomic E-state index is 0.0215. The molecule has 1 aromatic heterocycles. The van der Waals surface area contributed by atoms with Crippen molar-refractivity contribution in [2.24, 2.45) is 0 Å². The lowest BCUT2D eigenvalue weighted by molar-refractivity contribution is 0.103. The van der Waals surface area contributed by atoms with Crippen LogP contribution in [0.3, 0.4) is 0 Å². The van der Waals surface area contributed by atoms with Crippen molar-refractivity contribution in [3.63, 3.8) is 0 Å². The Kier molecular flexibility index (Phi) is 3.19. The number of ketones is 1. The van der Waals surface area contributed by atoms with Gasteiger partial charge in [-0.05, 0) is 35.0 Å². The zero-order valence-electron chi connectivity index (χ0n) is 6.99. The van der Waals surface area contributed by atoms with Crippen LogP contribution in [-0.2, 0) is 0 Å². The molecule has 1 aromatic rings. The van der Waals surface area contributed by atoms with E-state index in [1.54, 1.807) is 18.2 Å². The van der Waals surface area contributed by atoms with E-state index in [1.807, 2.05) is 0 Å². The van der Waals surface area contributed by atoms with Gasteiger partial charge in [-0.3, -0.25) is 4.79 Å². The normalized spacial score (nSPS) is 11.4. The lowest BCUT2D eigenvalue weighted by Gasteiger charge is -1.95. The number of allylic oxidation sites excluding steroid dienone is 2. The Labute approximate surface area is 84.2 Å². The van der Waals surface area contributed by atoms with Crippen molar-refractivity contribution in [1.82, 2.24) is 4.98 Å². The van der Waals surface area contributed by atoms with Gasteiger partial charge < -0.3 is 5.11 Å². The number of pyridine rings is 1. The van der Waals surface area contributed by atoms with Crippen LogP contribution in [0.15, 0.2) is 34.6 Å². The fourth-order valence-corrected chi connectivity index (χ4v) is 1.15. The van der Waals surface area contributed by atoms with E-state index in [4.69, 9.17) is 5.11 Å². The van der Waals surface area contributed by atoms with Crippen molar-refractivity contribution in [2.45, 2.75) is 6.92 Å². The Bertz CT molecular complexity index is 356. The van der Waals surface area contributed by atoms with Crippen LogP contribution < -0.4 is 0 Å². The van der Waals surface area contributed by atoms with E-state index in [0.717, 1.165) is 6.08 Å². The van der Waals surface area contributed by atoms with Crippen LogP contribution in [0.5, 0.6) is 0 Å². The number of carbonyl (C=O) groups is 1. The summed E-state index contributed by atoms with van der Waals surface area (Å²) in [6, 6.07) is 5.03. The van der Waals surface area contributed by atoms with Crippen molar-refractivity contribution in [3.05, 3.63) is 40.3 Å². The van der Waals surface area contributed by atoms with Gasteiger partial charge in [0.15, 0.2) is 0 Å². The first-order chi connectivity index (χ1) is 6.09. The topological polar surface area (TPSA) is 50.2 Å². The number of aliphatic hydroxyl groups excluding tert-OH is 1. The summed E-state index contributed by atoms with van der Waals surface area (Å²) in [6.45, 7) is 1.44. The van der Waals surface area contributed by atoms with Crippen LogP contribution in [0.1, 0.15) is 17.4 Å². The molecule has 68 valence electrons. The van der Waals surface area contributed by atoms with Gasteiger partial charge in [-0.15, -0.1) is 0 Å². The predicted molar refractivity (Wildman–Crippen MR) is 52.7 cm³/mol. The second kappa shape index (κ2) is 4.18. The van der Waals surface area contributed by atoms with Crippen LogP contribution in [0.4, 0.5) is 0 Å². The number of hydrogen-bond acceptors (Lipinski definition) is 3. The highest BCUT2D eigenvalue weighted by Gasteiger charge is 2.04. The van der Waals surface area contributed by atoms with E-state index in [1.165, 1.54) is 6.92 Å². The Morgan fingerprint density at radius 1 is 1.62 bits per heavy atom. The second-order valence-corrected chi connectivity index (χ2v) is 3.31. The van der Waals surface area contributed by atoms with E-state index >= 15 is 0 Å². The summed E-state index contributed by atoms with van der Waals surface area (Å²) in [6.07, 6.45) is 1.13. The monoisotopic (exact) mass is 241 g/mol. The van der Waals surface area contributed by atoms with Gasteiger partial charge in [-0.2, -0.15) is 0 Å². The molecule has 0 aliphatic rings. The lowest BCUT2D eigenvalue weighted by Crippen LogP contribution is -1.99. The van der Waals surface area contributed by atoms with E-state index in [-0.39, 0.29) is 11.5 Å². The van der Waals surface area contributed by atoms with Crippen molar-refractivity contribution in [3.8, 4) is 0 Å². The number of aromatic nitrogens is 1. The van der Waals surface area contributed by atoms with Crippen LogP contribution >= 0.6 is 15.9 Å². The molecule has 0 aromatic carbocycles. The third-order valence-electron chi connectivity index (χ3n) is 1.31. The highest BCUT2D eigenvalue weighted by Crippen LogP contribution is 2.07. The molecule has 0 aliphatic heterocycles. The van der Waals surface area contributed by atoms with Gasteiger partial charge in [0.2, 0.25) is 5.78 Å². The van der Waals surface area contributed by atoms with Gasteiger partial charge in [0, 0.05) is 6.08 Å². The third-order valence-corrected chi connectivity index (χ3v) is 1.75. The summed E-state index contributed by atoms with van der Waals surface area (Å²) in [5.74, 6) is -0.326. The minimum atomic E-state index is -0.304. The summed E-state index contributed by atoms with van der Waals surface area (Å²) in [7, 11) is 0. The molecule has 3 nitrogen and oxygen atoms in total. The van der Waals surface area contributed by atoms with E-state index < -0.39 is 0 Å². The van der Waals surface area contributed by atoms with Crippen LogP contribution in [-0.4, -0.2) is 15.9 Å². The van der Waals surface area contributed by atoms with Gasteiger partial charge in [0.25, 0.3) is 0 Å². The van der Waals surface area contributed by atoms with Crippen molar-refractivity contribution in [1.29, 1.82) is 0 Å². The molecule has 13 heavy (non-hydrogen) atoms. The van der Waals surface area contributed by atoms with Gasteiger partial charge in [0.1, 0.15) is 10.3 Å². The Morgan fingerprint density at radius 3 is 2.85 bits per heavy atom. The molecule has 0 atom stereocenters. The quantitative estimate of drug-likeness (QED) is 0.375. The minimum Gasteiger partial charge on any atom is -0.512 e.